The summed E-state index contributed by atoms with van der Waals surface area (Å²) in [6, 6.07) is 19.4. The minimum Gasteiger partial charge on any atom is -0.354 e. The van der Waals surface area contributed by atoms with Crippen LogP contribution in [-0.2, 0) is 32.2 Å². The average Bonchev–Trinajstić information content (AvgIpc) is 2.97. The number of carbonyl (C=O) groups is 2. The molecular formula is C31H36F3N3O4S. The minimum absolute atomic E-state index is 0.0955. The summed E-state index contributed by atoms with van der Waals surface area (Å²) < 4.78 is 69.0. The van der Waals surface area contributed by atoms with Gasteiger partial charge in [-0.1, -0.05) is 75.4 Å². The molecule has 0 aromatic heterocycles. The van der Waals surface area contributed by atoms with Crippen LogP contribution in [0.2, 0.25) is 0 Å². The molecule has 0 aliphatic carbocycles. The summed E-state index contributed by atoms with van der Waals surface area (Å²) in [7, 11) is -4.47. The van der Waals surface area contributed by atoms with E-state index in [4.69, 9.17) is 0 Å². The Hall–Kier alpha value is -3.86. The zero-order chi connectivity index (χ0) is 30.9. The smallest absolute Gasteiger partial charge is 0.354 e. The lowest BCUT2D eigenvalue weighted by atomic mass is 10.1. The van der Waals surface area contributed by atoms with Gasteiger partial charge in [0.05, 0.1) is 16.1 Å². The molecule has 0 radical (unpaired) electrons. The topological polar surface area (TPSA) is 86.8 Å². The lowest BCUT2D eigenvalue weighted by molar-refractivity contribution is -0.139. The summed E-state index contributed by atoms with van der Waals surface area (Å²) in [5.74, 6) is -0.939. The molecule has 42 heavy (non-hydrogen) atoms. The van der Waals surface area contributed by atoms with Crippen molar-refractivity contribution in [1.29, 1.82) is 0 Å². The number of benzene rings is 3. The second-order valence-corrected chi connectivity index (χ2v) is 12.1. The first-order valence-electron chi connectivity index (χ1n) is 13.7. The Morgan fingerprint density at radius 3 is 2.10 bits per heavy atom. The molecule has 2 amide bonds. The van der Waals surface area contributed by atoms with E-state index < -0.39 is 40.3 Å². The van der Waals surface area contributed by atoms with E-state index in [1.54, 1.807) is 13.0 Å². The number of halogens is 3. The predicted molar refractivity (Wildman–Crippen MR) is 156 cm³/mol. The number of amides is 2. The van der Waals surface area contributed by atoms with Crippen LogP contribution in [0.1, 0.15) is 38.3 Å². The Morgan fingerprint density at radius 2 is 1.52 bits per heavy atom. The highest BCUT2D eigenvalue weighted by Crippen LogP contribution is 2.33. The molecule has 1 atom stereocenters. The van der Waals surface area contributed by atoms with Gasteiger partial charge in [-0.05, 0) is 54.7 Å². The van der Waals surface area contributed by atoms with E-state index in [0.29, 0.717) is 23.3 Å². The van der Waals surface area contributed by atoms with Crippen LogP contribution in [0, 0.1) is 5.92 Å². The number of nitrogens with zero attached hydrogens (tertiary/aromatic N) is 2. The van der Waals surface area contributed by atoms with Gasteiger partial charge in [-0.25, -0.2) is 8.42 Å². The van der Waals surface area contributed by atoms with Crippen molar-refractivity contribution >= 4 is 27.5 Å². The lowest BCUT2D eigenvalue weighted by Gasteiger charge is -2.33. The van der Waals surface area contributed by atoms with Crippen molar-refractivity contribution in [2.75, 3.05) is 23.9 Å². The van der Waals surface area contributed by atoms with Crippen LogP contribution < -0.4 is 9.62 Å². The number of sulfonamides is 1. The van der Waals surface area contributed by atoms with E-state index in [2.05, 4.69) is 5.32 Å². The Labute approximate surface area is 245 Å². The number of anilines is 1. The number of rotatable bonds is 13. The zero-order valence-electron chi connectivity index (χ0n) is 23.8. The average molecular weight is 604 g/mol. The highest BCUT2D eigenvalue weighted by Gasteiger charge is 2.35. The highest BCUT2D eigenvalue weighted by molar-refractivity contribution is 7.92. The van der Waals surface area contributed by atoms with Gasteiger partial charge >= 0.3 is 6.18 Å². The third kappa shape index (κ3) is 8.58. The molecule has 3 aromatic rings. The van der Waals surface area contributed by atoms with Crippen LogP contribution in [0.15, 0.2) is 89.8 Å². The van der Waals surface area contributed by atoms with Crippen molar-refractivity contribution < 1.29 is 31.2 Å². The van der Waals surface area contributed by atoms with Crippen LogP contribution in [0.25, 0.3) is 0 Å². The largest absolute Gasteiger partial charge is 0.416 e. The van der Waals surface area contributed by atoms with Gasteiger partial charge in [-0.3, -0.25) is 13.9 Å². The molecule has 0 bridgehead atoms. The SMILES string of the molecule is CC[C@@H](C(=O)NCC(C)C)N(CCc1ccccc1)C(=O)CN(c1cccc(C(F)(F)F)c1)S(=O)(=O)c1ccccc1. The summed E-state index contributed by atoms with van der Waals surface area (Å²) in [6.07, 6.45) is -4.10. The summed E-state index contributed by atoms with van der Waals surface area (Å²) >= 11 is 0. The van der Waals surface area contributed by atoms with Crippen molar-refractivity contribution in [3.63, 3.8) is 0 Å². The van der Waals surface area contributed by atoms with Crippen LogP contribution in [0.4, 0.5) is 18.9 Å². The van der Waals surface area contributed by atoms with Crippen LogP contribution in [0.3, 0.4) is 0 Å². The van der Waals surface area contributed by atoms with Gasteiger partial charge in [0.25, 0.3) is 10.0 Å². The molecule has 0 aliphatic heterocycles. The molecule has 11 heteroatoms. The number of nitrogens with one attached hydrogen (secondary N) is 1. The molecule has 0 saturated heterocycles. The Bertz CT molecular complexity index is 1430. The first-order valence-corrected chi connectivity index (χ1v) is 15.1. The number of hydrogen-bond acceptors (Lipinski definition) is 4. The normalized spacial score (nSPS) is 12.5. The summed E-state index contributed by atoms with van der Waals surface area (Å²) in [4.78, 5) is 28.3. The molecule has 0 heterocycles. The van der Waals surface area contributed by atoms with Crippen molar-refractivity contribution in [2.45, 2.75) is 50.7 Å². The number of hydrogen-bond donors (Lipinski definition) is 1. The molecule has 3 rings (SSSR count). The summed E-state index contributed by atoms with van der Waals surface area (Å²) in [5, 5.41) is 2.84. The monoisotopic (exact) mass is 603 g/mol. The molecule has 0 spiro atoms. The van der Waals surface area contributed by atoms with Crippen molar-refractivity contribution in [2.24, 2.45) is 5.92 Å². The van der Waals surface area contributed by atoms with Crippen molar-refractivity contribution in [3.05, 3.63) is 96.1 Å². The van der Waals surface area contributed by atoms with Gasteiger partial charge in [-0.2, -0.15) is 13.2 Å². The van der Waals surface area contributed by atoms with Gasteiger partial charge in [0.1, 0.15) is 12.6 Å². The standard InChI is InChI=1S/C31H36F3N3O4S/c1-4-28(30(39)35-21-23(2)3)36(19-18-24-12-7-5-8-13-24)29(38)22-37(42(40,41)27-16-9-6-10-17-27)26-15-11-14-25(20-26)31(32,33)34/h5-17,20,23,28H,4,18-19,21-22H2,1-3H3,(H,35,39)/t28-/m0/s1. The Balaban J connectivity index is 2.04. The second-order valence-electron chi connectivity index (χ2n) is 10.3. The highest BCUT2D eigenvalue weighted by atomic mass is 32.2. The maximum Gasteiger partial charge on any atom is 0.416 e. The van der Waals surface area contributed by atoms with Gasteiger partial charge in [0.15, 0.2) is 0 Å². The third-order valence-electron chi connectivity index (χ3n) is 6.63. The predicted octanol–water partition coefficient (Wildman–Crippen LogP) is 5.52. The van der Waals surface area contributed by atoms with Crippen molar-refractivity contribution in [1.82, 2.24) is 10.2 Å². The fourth-order valence-corrected chi connectivity index (χ4v) is 5.83. The fourth-order valence-electron chi connectivity index (χ4n) is 4.40. The number of alkyl halides is 3. The third-order valence-corrected chi connectivity index (χ3v) is 8.41. The van der Waals surface area contributed by atoms with Crippen molar-refractivity contribution in [3.8, 4) is 0 Å². The van der Waals surface area contributed by atoms with E-state index in [1.807, 2.05) is 44.2 Å². The van der Waals surface area contributed by atoms with Gasteiger partial charge in [0, 0.05) is 13.1 Å². The van der Waals surface area contributed by atoms with E-state index in [0.717, 1.165) is 17.7 Å². The molecule has 226 valence electrons. The van der Waals surface area contributed by atoms with E-state index in [9.17, 15) is 31.2 Å². The summed E-state index contributed by atoms with van der Waals surface area (Å²) in [5.41, 5.74) is -0.470. The van der Waals surface area contributed by atoms with Crippen LogP contribution in [0.5, 0.6) is 0 Å². The Kier molecular flexibility index (Phi) is 11.2. The van der Waals surface area contributed by atoms with E-state index in [-0.39, 0.29) is 35.4 Å². The second kappa shape index (κ2) is 14.4. The lowest BCUT2D eigenvalue weighted by Crippen LogP contribution is -2.53. The molecule has 1 N–H and O–H groups in total. The molecule has 7 nitrogen and oxygen atoms in total. The number of carbonyl (C=O) groups excluding carboxylic acids is 2. The molecule has 3 aromatic carbocycles. The molecule has 0 saturated carbocycles. The van der Waals surface area contributed by atoms with Crippen LogP contribution in [-0.4, -0.2) is 50.8 Å². The summed E-state index contributed by atoms with van der Waals surface area (Å²) in [6.45, 7) is 5.28. The van der Waals surface area contributed by atoms with Gasteiger partial charge < -0.3 is 10.2 Å². The molecule has 0 unspecified atom stereocenters. The van der Waals surface area contributed by atoms with E-state index in [1.165, 1.54) is 35.2 Å². The van der Waals surface area contributed by atoms with Gasteiger partial charge in [0.2, 0.25) is 11.8 Å². The molecule has 0 fully saturated rings. The first kappa shape index (κ1) is 32.7. The van der Waals surface area contributed by atoms with E-state index >= 15 is 0 Å². The quantitative estimate of drug-likeness (QED) is 0.279. The maximum atomic E-state index is 14.0. The van der Waals surface area contributed by atoms with Crippen LogP contribution >= 0.6 is 0 Å². The Morgan fingerprint density at radius 1 is 0.905 bits per heavy atom. The zero-order valence-corrected chi connectivity index (χ0v) is 24.7. The maximum absolute atomic E-state index is 14.0. The first-order chi connectivity index (χ1) is 19.8. The minimum atomic E-state index is -4.73. The van der Waals surface area contributed by atoms with Gasteiger partial charge in [-0.15, -0.1) is 0 Å². The molecule has 0 aliphatic rings. The molecular weight excluding hydrogens is 567 g/mol. The fraction of sp³-hybridized carbons (Fsp3) is 0.355.